The smallest absolute Gasteiger partial charge is 0.00259 e. The first-order valence-corrected chi connectivity index (χ1v) is 17.3. The summed E-state index contributed by atoms with van der Waals surface area (Å²) >= 11 is 0. The minimum atomic E-state index is 1.22. The Morgan fingerprint density at radius 3 is 1.08 bits per heavy atom. The molecule has 0 fully saturated rings. The zero-order valence-corrected chi connectivity index (χ0v) is 27.5. The summed E-state index contributed by atoms with van der Waals surface area (Å²) in [5.41, 5.74) is 9.91. The van der Waals surface area contributed by atoms with E-state index in [0.717, 1.165) is 0 Å². The van der Waals surface area contributed by atoms with E-state index in [1.54, 1.807) is 0 Å². The van der Waals surface area contributed by atoms with Gasteiger partial charge in [0.25, 0.3) is 0 Å². The molecule has 0 heteroatoms. The van der Waals surface area contributed by atoms with Gasteiger partial charge in [0.2, 0.25) is 0 Å². The summed E-state index contributed by atoms with van der Waals surface area (Å²) in [6, 6.07) is 71.5. The van der Waals surface area contributed by atoms with Crippen molar-refractivity contribution in [2.45, 2.75) is 0 Å². The first-order valence-electron chi connectivity index (χ1n) is 17.3. The van der Waals surface area contributed by atoms with Crippen LogP contribution in [0.5, 0.6) is 0 Å². The fourth-order valence-corrected chi connectivity index (χ4v) is 7.89. The molecule has 0 nitrogen and oxygen atoms in total. The molecule has 50 heavy (non-hydrogen) atoms. The molecule has 10 aromatic rings. The maximum Gasteiger partial charge on any atom is -0.00259 e. The van der Waals surface area contributed by atoms with Gasteiger partial charge in [-0.1, -0.05) is 170 Å². The van der Waals surface area contributed by atoms with Gasteiger partial charge < -0.3 is 0 Å². The Morgan fingerprint density at radius 2 is 0.520 bits per heavy atom. The van der Waals surface area contributed by atoms with Crippen LogP contribution < -0.4 is 0 Å². The third-order valence-electron chi connectivity index (χ3n) is 10.4. The molecule has 10 rings (SSSR count). The molecule has 0 spiro atoms. The van der Waals surface area contributed by atoms with Gasteiger partial charge in [-0.2, -0.15) is 0 Å². The highest BCUT2D eigenvalue weighted by molar-refractivity contribution is 6.22. The van der Waals surface area contributed by atoms with Crippen molar-refractivity contribution in [2.75, 3.05) is 0 Å². The van der Waals surface area contributed by atoms with Crippen LogP contribution >= 0.6 is 0 Å². The van der Waals surface area contributed by atoms with Gasteiger partial charge in [0.1, 0.15) is 0 Å². The maximum absolute atomic E-state index is 2.42. The average Bonchev–Trinajstić information content (AvgIpc) is 3.19. The highest BCUT2D eigenvalue weighted by Crippen LogP contribution is 2.45. The van der Waals surface area contributed by atoms with Gasteiger partial charge in [-0.25, -0.2) is 0 Å². The molecule has 0 aliphatic heterocycles. The number of fused-ring (bicyclic) bond motifs is 5. The van der Waals surface area contributed by atoms with Crippen LogP contribution in [0.15, 0.2) is 194 Å². The fraction of sp³-hybridized carbons (Fsp3) is 0. The molecule has 0 saturated heterocycles. The van der Waals surface area contributed by atoms with Crippen LogP contribution in [0.25, 0.3) is 98.4 Å². The lowest BCUT2D eigenvalue weighted by molar-refractivity contribution is 1.62. The van der Waals surface area contributed by atoms with Crippen LogP contribution in [-0.2, 0) is 0 Å². The summed E-state index contributed by atoms with van der Waals surface area (Å²) in [7, 11) is 0. The van der Waals surface area contributed by atoms with Crippen molar-refractivity contribution < 1.29 is 0 Å². The lowest BCUT2D eigenvalue weighted by Gasteiger charge is -2.19. The van der Waals surface area contributed by atoms with E-state index >= 15 is 0 Å². The number of benzene rings is 10. The van der Waals surface area contributed by atoms with Crippen LogP contribution in [-0.4, -0.2) is 0 Å². The highest BCUT2D eigenvalue weighted by atomic mass is 14.2. The van der Waals surface area contributed by atoms with Crippen LogP contribution in [0.4, 0.5) is 0 Å². The lowest BCUT2D eigenvalue weighted by atomic mass is 9.84. The molecule has 0 N–H and O–H groups in total. The third kappa shape index (κ3) is 4.77. The van der Waals surface area contributed by atoms with Crippen molar-refractivity contribution in [3.63, 3.8) is 0 Å². The Hall–Kier alpha value is -6.50. The molecule has 0 atom stereocenters. The van der Waals surface area contributed by atoms with Gasteiger partial charge in [-0.05, 0) is 123 Å². The zero-order valence-electron chi connectivity index (χ0n) is 27.5. The minimum Gasteiger partial charge on any atom is -0.0616 e. The molecular formula is C50H32. The van der Waals surface area contributed by atoms with Crippen LogP contribution in [0.2, 0.25) is 0 Å². The van der Waals surface area contributed by atoms with Gasteiger partial charge in [0, 0.05) is 0 Å². The van der Waals surface area contributed by atoms with Gasteiger partial charge in [0.05, 0.1) is 0 Å². The van der Waals surface area contributed by atoms with Crippen molar-refractivity contribution in [3.05, 3.63) is 194 Å². The average molecular weight is 633 g/mol. The summed E-state index contributed by atoms with van der Waals surface area (Å²) in [5.74, 6) is 0. The summed E-state index contributed by atoms with van der Waals surface area (Å²) in [5, 5.41) is 12.6. The van der Waals surface area contributed by atoms with E-state index in [9.17, 15) is 0 Å². The van der Waals surface area contributed by atoms with E-state index in [1.807, 2.05) is 0 Å². The predicted octanol–water partition coefficient (Wildman–Crippen LogP) is 14.1. The molecular weight excluding hydrogens is 601 g/mol. The van der Waals surface area contributed by atoms with E-state index < -0.39 is 0 Å². The summed E-state index contributed by atoms with van der Waals surface area (Å²) < 4.78 is 0. The van der Waals surface area contributed by atoms with Crippen molar-refractivity contribution >= 4 is 53.9 Å². The van der Waals surface area contributed by atoms with Crippen LogP contribution in [0, 0.1) is 0 Å². The SMILES string of the molecule is c1ccc2cc(-c3ccc(-c4c5ccccc5c(-c5ccc6ccccc6c5)c5cc(-c6ccc7ccccc7c6)ccc45)cc3)ccc2c1. The quantitative estimate of drug-likeness (QED) is 0.169. The lowest BCUT2D eigenvalue weighted by Crippen LogP contribution is -1.92. The Bertz CT molecular complexity index is 2910. The molecule has 232 valence electrons. The summed E-state index contributed by atoms with van der Waals surface area (Å²) in [6.45, 7) is 0. The van der Waals surface area contributed by atoms with E-state index in [0.29, 0.717) is 0 Å². The molecule has 0 heterocycles. The number of rotatable bonds is 4. The van der Waals surface area contributed by atoms with Crippen LogP contribution in [0.3, 0.4) is 0 Å². The molecule has 0 aromatic heterocycles. The van der Waals surface area contributed by atoms with E-state index in [2.05, 4.69) is 194 Å². The second kappa shape index (κ2) is 11.6. The second-order valence-electron chi connectivity index (χ2n) is 13.3. The normalized spacial score (nSPS) is 11.6. The van der Waals surface area contributed by atoms with Gasteiger partial charge >= 0.3 is 0 Å². The maximum atomic E-state index is 2.42. The molecule has 0 amide bonds. The fourth-order valence-electron chi connectivity index (χ4n) is 7.89. The molecule has 0 unspecified atom stereocenters. The van der Waals surface area contributed by atoms with E-state index in [4.69, 9.17) is 0 Å². The van der Waals surface area contributed by atoms with Crippen molar-refractivity contribution in [1.82, 2.24) is 0 Å². The standard InChI is InChI=1S/C50H32/c1-4-12-38-29-41(24-19-33(38)9-1)36-17-22-37(23-18-36)49-45-15-7-8-16-46(45)50(44-26-21-35-11-3-6-14-40(35)31-44)48-32-43(27-28-47(48)49)42-25-20-34-10-2-5-13-39(34)30-42/h1-32H. The molecule has 0 aliphatic rings. The number of hydrogen-bond acceptors (Lipinski definition) is 0. The first kappa shape index (κ1) is 28.5. The van der Waals surface area contributed by atoms with E-state index in [-0.39, 0.29) is 0 Å². The van der Waals surface area contributed by atoms with Gasteiger partial charge in [0.15, 0.2) is 0 Å². The molecule has 0 radical (unpaired) electrons. The largest absolute Gasteiger partial charge is 0.0616 e. The Kier molecular flexibility index (Phi) is 6.60. The van der Waals surface area contributed by atoms with Gasteiger partial charge in [-0.15, -0.1) is 0 Å². The van der Waals surface area contributed by atoms with Crippen molar-refractivity contribution in [3.8, 4) is 44.5 Å². The molecule has 10 aromatic carbocycles. The summed E-state index contributed by atoms with van der Waals surface area (Å²) in [4.78, 5) is 0. The van der Waals surface area contributed by atoms with Crippen molar-refractivity contribution in [1.29, 1.82) is 0 Å². The number of hydrogen-bond donors (Lipinski definition) is 0. The minimum absolute atomic E-state index is 1.22. The molecule has 0 saturated carbocycles. The Labute approximate surface area is 291 Å². The Balaban J connectivity index is 1.22. The molecule has 0 bridgehead atoms. The molecule has 0 aliphatic carbocycles. The van der Waals surface area contributed by atoms with Crippen molar-refractivity contribution in [2.24, 2.45) is 0 Å². The first-order chi connectivity index (χ1) is 24.8. The third-order valence-corrected chi connectivity index (χ3v) is 10.4. The second-order valence-corrected chi connectivity index (χ2v) is 13.3. The topological polar surface area (TPSA) is 0 Å². The van der Waals surface area contributed by atoms with Gasteiger partial charge in [-0.3, -0.25) is 0 Å². The van der Waals surface area contributed by atoms with E-state index in [1.165, 1.54) is 98.4 Å². The highest BCUT2D eigenvalue weighted by Gasteiger charge is 2.18. The predicted molar refractivity (Wildman–Crippen MR) is 216 cm³/mol. The zero-order chi connectivity index (χ0) is 33.0. The Morgan fingerprint density at radius 1 is 0.180 bits per heavy atom. The van der Waals surface area contributed by atoms with Crippen LogP contribution in [0.1, 0.15) is 0 Å². The monoisotopic (exact) mass is 632 g/mol. The summed E-state index contributed by atoms with van der Waals surface area (Å²) in [6.07, 6.45) is 0.